The Hall–Kier alpha value is -1.75. The molecule has 0 aliphatic carbocycles. The number of aromatic nitrogens is 4. The minimum absolute atomic E-state index is 0.733. The molecule has 3 N–H and O–H groups in total. The SMILES string of the molecule is Cc1nccnc1-c1cnc(CCCCN)[nH]1. The van der Waals surface area contributed by atoms with Crippen LogP contribution in [-0.2, 0) is 6.42 Å². The normalized spacial score (nSPS) is 10.7. The topological polar surface area (TPSA) is 80.5 Å². The van der Waals surface area contributed by atoms with Crippen LogP contribution in [0.15, 0.2) is 18.6 Å². The number of rotatable bonds is 5. The third-order valence-corrected chi connectivity index (χ3v) is 2.63. The van der Waals surface area contributed by atoms with Crippen molar-refractivity contribution in [1.29, 1.82) is 0 Å². The molecule has 2 aromatic heterocycles. The van der Waals surface area contributed by atoms with Gasteiger partial charge in [-0.25, -0.2) is 4.98 Å². The number of H-pyrrole nitrogens is 1. The highest BCUT2D eigenvalue weighted by Crippen LogP contribution is 2.16. The minimum Gasteiger partial charge on any atom is -0.341 e. The number of nitrogens with one attached hydrogen (secondary N) is 1. The first kappa shape index (κ1) is 11.7. The van der Waals surface area contributed by atoms with Gasteiger partial charge in [0.15, 0.2) is 0 Å². The molecular weight excluding hydrogens is 214 g/mol. The van der Waals surface area contributed by atoms with Gasteiger partial charge in [-0.15, -0.1) is 0 Å². The number of aromatic amines is 1. The van der Waals surface area contributed by atoms with E-state index in [0.717, 1.165) is 48.7 Å². The van der Waals surface area contributed by atoms with Gasteiger partial charge in [-0.1, -0.05) is 0 Å². The van der Waals surface area contributed by atoms with Gasteiger partial charge in [0.05, 0.1) is 17.6 Å². The quantitative estimate of drug-likeness (QED) is 0.763. The third kappa shape index (κ3) is 2.88. The Labute approximate surface area is 101 Å². The van der Waals surface area contributed by atoms with E-state index in [2.05, 4.69) is 19.9 Å². The summed E-state index contributed by atoms with van der Waals surface area (Å²) in [5.41, 5.74) is 8.16. The highest BCUT2D eigenvalue weighted by atomic mass is 14.9. The molecule has 90 valence electrons. The zero-order chi connectivity index (χ0) is 12.1. The number of nitrogens with two attached hydrogens (primary N) is 1. The lowest BCUT2D eigenvalue weighted by molar-refractivity contribution is 0.723. The zero-order valence-electron chi connectivity index (χ0n) is 9.98. The fourth-order valence-electron chi connectivity index (χ4n) is 1.72. The lowest BCUT2D eigenvalue weighted by atomic mass is 10.2. The number of imidazole rings is 1. The first-order chi connectivity index (χ1) is 8.31. The van der Waals surface area contributed by atoms with Gasteiger partial charge >= 0.3 is 0 Å². The number of hydrogen-bond donors (Lipinski definition) is 2. The zero-order valence-corrected chi connectivity index (χ0v) is 9.98. The second-order valence-corrected chi connectivity index (χ2v) is 3.98. The van der Waals surface area contributed by atoms with Crippen LogP contribution in [-0.4, -0.2) is 26.5 Å². The second kappa shape index (κ2) is 5.54. The molecule has 0 unspecified atom stereocenters. The van der Waals surface area contributed by atoms with Crippen molar-refractivity contribution in [3.05, 3.63) is 30.1 Å². The lowest BCUT2D eigenvalue weighted by Gasteiger charge is -1.99. The highest BCUT2D eigenvalue weighted by Gasteiger charge is 2.07. The Balaban J connectivity index is 2.10. The summed E-state index contributed by atoms with van der Waals surface area (Å²) in [4.78, 5) is 16.1. The van der Waals surface area contributed by atoms with Gasteiger partial charge in [-0.3, -0.25) is 9.97 Å². The summed E-state index contributed by atoms with van der Waals surface area (Å²) in [7, 11) is 0. The summed E-state index contributed by atoms with van der Waals surface area (Å²) in [5.74, 6) is 0.985. The number of hydrogen-bond acceptors (Lipinski definition) is 4. The maximum absolute atomic E-state index is 5.46. The molecule has 0 atom stereocenters. The molecule has 0 bridgehead atoms. The third-order valence-electron chi connectivity index (χ3n) is 2.63. The summed E-state index contributed by atoms with van der Waals surface area (Å²) < 4.78 is 0. The average Bonchev–Trinajstić information content (AvgIpc) is 2.79. The smallest absolute Gasteiger partial charge is 0.109 e. The molecule has 17 heavy (non-hydrogen) atoms. The molecule has 0 saturated heterocycles. The van der Waals surface area contributed by atoms with Gasteiger partial charge < -0.3 is 10.7 Å². The summed E-state index contributed by atoms with van der Waals surface area (Å²) in [6, 6.07) is 0. The van der Waals surface area contributed by atoms with Crippen LogP contribution in [0.5, 0.6) is 0 Å². The van der Waals surface area contributed by atoms with E-state index < -0.39 is 0 Å². The van der Waals surface area contributed by atoms with Crippen LogP contribution in [0.2, 0.25) is 0 Å². The number of unbranched alkanes of at least 4 members (excludes halogenated alkanes) is 1. The van der Waals surface area contributed by atoms with Crippen molar-refractivity contribution in [2.45, 2.75) is 26.2 Å². The van der Waals surface area contributed by atoms with E-state index in [0.29, 0.717) is 0 Å². The molecule has 5 heteroatoms. The van der Waals surface area contributed by atoms with Crippen molar-refractivity contribution < 1.29 is 0 Å². The van der Waals surface area contributed by atoms with Gasteiger partial charge in [0.2, 0.25) is 0 Å². The molecule has 2 aromatic rings. The standard InChI is InChI=1S/C12H17N5/c1-9-12(15-7-6-14-9)10-8-16-11(17-10)4-2-3-5-13/h6-8H,2-5,13H2,1H3,(H,16,17). The molecule has 0 saturated carbocycles. The monoisotopic (exact) mass is 231 g/mol. The molecule has 0 amide bonds. The van der Waals surface area contributed by atoms with E-state index in [9.17, 15) is 0 Å². The molecule has 5 nitrogen and oxygen atoms in total. The summed E-state index contributed by atoms with van der Waals surface area (Å²) in [5, 5.41) is 0. The molecule has 0 aliphatic rings. The molecule has 0 aliphatic heterocycles. The lowest BCUT2D eigenvalue weighted by Crippen LogP contribution is -1.99. The molecule has 2 rings (SSSR count). The van der Waals surface area contributed by atoms with Crippen LogP contribution in [0.3, 0.4) is 0 Å². The fraction of sp³-hybridized carbons (Fsp3) is 0.417. The van der Waals surface area contributed by atoms with E-state index in [-0.39, 0.29) is 0 Å². The van der Waals surface area contributed by atoms with Gasteiger partial charge in [0.1, 0.15) is 11.5 Å². The van der Waals surface area contributed by atoms with Crippen molar-refractivity contribution in [1.82, 2.24) is 19.9 Å². The first-order valence-electron chi connectivity index (χ1n) is 5.83. The van der Waals surface area contributed by atoms with Crippen LogP contribution in [0.25, 0.3) is 11.4 Å². The first-order valence-corrected chi connectivity index (χ1v) is 5.83. The molecule has 0 aromatic carbocycles. The van der Waals surface area contributed by atoms with E-state index >= 15 is 0 Å². The van der Waals surface area contributed by atoms with Crippen LogP contribution >= 0.6 is 0 Å². The summed E-state index contributed by atoms with van der Waals surface area (Å²) >= 11 is 0. The Morgan fingerprint density at radius 2 is 2.00 bits per heavy atom. The van der Waals surface area contributed by atoms with E-state index in [1.165, 1.54) is 0 Å². The van der Waals surface area contributed by atoms with E-state index in [1.807, 2.05) is 13.1 Å². The van der Waals surface area contributed by atoms with E-state index in [1.54, 1.807) is 12.4 Å². The Bertz CT molecular complexity index is 477. The molecule has 0 fully saturated rings. The number of nitrogens with zero attached hydrogens (tertiary/aromatic N) is 3. The Morgan fingerprint density at radius 3 is 2.76 bits per heavy atom. The van der Waals surface area contributed by atoms with Crippen LogP contribution in [0, 0.1) is 6.92 Å². The summed E-state index contributed by atoms with van der Waals surface area (Å²) in [6.07, 6.45) is 8.21. The average molecular weight is 231 g/mol. The van der Waals surface area contributed by atoms with Crippen molar-refractivity contribution in [2.24, 2.45) is 5.73 Å². The Kier molecular flexibility index (Phi) is 3.82. The largest absolute Gasteiger partial charge is 0.341 e. The molecule has 0 radical (unpaired) electrons. The molecular formula is C12H17N5. The summed E-state index contributed by atoms with van der Waals surface area (Å²) in [6.45, 7) is 2.67. The van der Waals surface area contributed by atoms with Crippen molar-refractivity contribution >= 4 is 0 Å². The second-order valence-electron chi connectivity index (χ2n) is 3.98. The van der Waals surface area contributed by atoms with Crippen LogP contribution in [0.1, 0.15) is 24.4 Å². The molecule has 0 spiro atoms. The fourth-order valence-corrected chi connectivity index (χ4v) is 1.72. The van der Waals surface area contributed by atoms with Gasteiger partial charge in [-0.2, -0.15) is 0 Å². The predicted octanol–water partition coefficient (Wildman–Crippen LogP) is 1.46. The van der Waals surface area contributed by atoms with Crippen molar-refractivity contribution in [2.75, 3.05) is 6.54 Å². The van der Waals surface area contributed by atoms with Crippen LogP contribution in [0.4, 0.5) is 0 Å². The molecule has 2 heterocycles. The minimum atomic E-state index is 0.733. The Morgan fingerprint density at radius 1 is 1.18 bits per heavy atom. The maximum atomic E-state index is 5.46. The predicted molar refractivity (Wildman–Crippen MR) is 66.3 cm³/mol. The number of aryl methyl sites for hydroxylation is 2. The van der Waals surface area contributed by atoms with Gasteiger partial charge in [-0.05, 0) is 26.3 Å². The van der Waals surface area contributed by atoms with Gasteiger partial charge in [0.25, 0.3) is 0 Å². The van der Waals surface area contributed by atoms with Gasteiger partial charge in [0, 0.05) is 18.8 Å². The maximum Gasteiger partial charge on any atom is 0.109 e. The van der Waals surface area contributed by atoms with Crippen molar-refractivity contribution in [3.8, 4) is 11.4 Å². The van der Waals surface area contributed by atoms with E-state index in [4.69, 9.17) is 5.73 Å². The highest BCUT2D eigenvalue weighted by molar-refractivity contribution is 5.55. The van der Waals surface area contributed by atoms with Crippen LogP contribution < -0.4 is 5.73 Å². The van der Waals surface area contributed by atoms with Crippen molar-refractivity contribution in [3.63, 3.8) is 0 Å².